The monoisotopic (exact) mass is 314 g/mol. The van der Waals surface area contributed by atoms with Crippen molar-refractivity contribution >= 4 is 11.8 Å². The minimum Gasteiger partial charge on any atom is -0.376 e. The van der Waals surface area contributed by atoms with Crippen LogP contribution in [0.15, 0.2) is 0 Å². The number of ether oxygens (including phenoxy) is 2. The van der Waals surface area contributed by atoms with E-state index in [9.17, 15) is 14.0 Å². The van der Waals surface area contributed by atoms with Crippen LogP contribution < -0.4 is 0 Å². The van der Waals surface area contributed by atoms with Crippen LogP contribution in [0.5, 0.6) is 0 Å². The predicted molar refractivity (Wildman–Crippen MR) is 76.0 cm³/mol. The molecule has 1 spiro atoms. The molecule has 3 aliphatic rings. The van der Waals surface area contributed by atoms with Gasteiger partial charge in [-0.15, -0.1) is 0 Å². The zero-order valence-electron chi connectivity index (χ0n) is 13.0. The van der Waals surface area contributed by atoms with E-state index in [1.165, 1.54) is 4.90 Å². The van der Waals surface area contributed by atoms with Gasteiger partial charge in [-0.2, -0.15) is 0 Å². The third kappa shape index (κ3) is 2.72. The number of hydrogen-bond acceptors (Lipinski definition) is 4. The Hall–Kier alpha value is -1.21. The molecule has 1 atom stereocenters. The van der Waals surface area contributed by atoms with Gasteiger partial charge in [0.05, 0.1) is 26.3 Å². The molecule has 0 aromatic carbocycles. The lowest BCUT2D eigenvalue weighted by molar-refractivity contribution is -0.176. The Bertz CT molecular complexity index is 468. The number of carbonyl (C=O) groups excluding carboxylic acids is 2. The van der Waals surface area contributed by atoms with Gasteiger partial charge in [0.2, 0.25) is 5.91 Å². The highest BCUT2D eigenvalue weighted by Gasteiger charge is 2.50. The Kier molecular flexibility index (Phi) is 4.11. The van der Waals surface area contributed by atoms with Gasteiger partial charge < -0.3 is 19.3 Å². The normalized spacial score (nSPS) is 31.8. The maximum atomic E-state index is 14.4. The van der Waals surface area contributed by atoms with Gasteiger partial charge in [0.25, 0.3) is 5.91 Å². The maximum absolute atomic E-state index is 14.4. The minimum atomic E-state index is -1.71. The van der Waals surface area contributed by atoms with E-state index in [2.05, 4.69) is 0 Å². The lowest BCUT2D eigenvalue weighted by atomic mass is 9.80. The molecule has 7 heteroatoms. The molecular formula is C15H23FN2O4. The lowest BCUT2D eigenvalue weighted by Gasteiger charge is -2.44. The van der Waals surface area contributed by atoms with Crippen molar-refractivity contribution in [1.29, 1.82) is 0 Å². The molecular weight excluding hydrogens is 291 g/mol. The zero-order chi connectivity index (χ0) is 15.8. The number of alkyl halides is 1. The fourth-order valence-electron chi connectivity index (χ4n) is 3.32. The van der Waals surface area contributed by atoms with Gasteiger partial charge in [-0.05, 0) is 26.2 Å². The highest BCUT2D eigenvalue weighted by molar-refractivity contribution is 5.86. The van der Waals surface area contributed by atoms with Gasteiger partial charge in [0, 0.05) is 13.1 Å². The van der Waals surface area contributed by atoms with E-state index in [-0.39, 0.29) is 19.1 Å². The molecule has 0 N–H and O–H groups in total. The number of likely N-dealkylation sites (N-methyl/N-ethyl adjacent to an activating group) is 1. The molecule has 0 aromatic rings. The summed E-state index contributed by atoms with van der Waals surface area (Å²) in [5.74, 6) is -0.511. The van der Waals surface area contributed by atoms with Crippen molar-refractivity contribution in [2.45, 2.75) is 37.5 Å². The van der Waals surface area contributed by atoms with E-state index in [0.29, 0.717) is 45.7 Å². The highest BCUT2D eigenvalue weighted by Crippen LogP contribution is 2.38. The molecule has 1 aliphatic carbocycles. The van der Waals surface area contributed by atoms with Crippen molar-refractivity contribution < 1.29 is 23.5 Å². The van der Waals surface area contributed by atoms with Gasteiger partial charge in [0.15, 0.2) is 5.67 Å². The average Bonchev–Trinajstić information content (AvgIpc) is 2.69. The topological polar surface area (TPSA) is 59.1 Å². The van der Waals surface area contributed by atoms with E-state index in [4.69, 9.17) is 9.47 Å². The Balaban J connectivity index is 1.75. The van der Waals surface area contributed by atoms with Gasteiger partial charge >= 0.3 is 0 Å². The Morgan fingerprint density at radius 1 is 1.36 bits per heavy atom. The molecule has 2 saturated heterocycles. The maximum Gasteiger partial charge on any atom is 0.260 e. The summed E-state index contributed by atoms with van der Waals surface area (Å²) >= 11 is 0. The number of nitrogens with zero attached hydrogens (tertiary/aromatic N) is 2. The first-order valence-corrected chi connectivity index (χ1v) is 7.96. The Morgan fingerprint density at radius 3 is 2.77 bits per heavy atom. The van der Waals surface area contributed by atoms with Crippen LogP contribution in [0.3, 0.4) is 0 Å². The second-order valence-electron chi connectivity index (χ2n) is 6.48. The van der Waals surface area contributed by atoms with Crippen LogP contribution in [-0.2, 0) is 19.1 Å². The summed E-state index contributed by atoms with van der Waals surface area (Å²) in [5.41, 5.74) is -2.45. The van der Waals surface area contributed by atoms with Crippen LogP contribution in [-0.4, -0.2) is 78.9 Å². The molecule has 0 radical (unpaired) electrons. The van der Waals surface area contributed by atoms with Crippen molar-refractivity contribution in [1.82, 2.24) is 9.80 Å². The Morgan fingerprint density at radius 2 is 2.14 bits per heavy atom. The number of carbonyl (C=O) groups is 2. The molecule has 22 heavy (non-hydrogen) atoms. The second kappa shape index (κ2) is 5.77. The molecule has 124 valence electrons. The molecule has 2 heterocycles. The van der Waals surface area contributed by atoms with E-state index >= 15 is 0 Å². The summed E-state index contributed by atoms with van der Waals surface area (Å²) in [4.78, 5) is 27.5. The zero-order valence-corrected chi connectivity index (χ0v) is 13.0. The molecule has 1 unspecified atom stereocenters. The molecule has 2 amide bonds. The fourth-order valence-corrected chi connectivity index (χ4v) is 3.32. The van der Waals surface area contributed by atoms with Gasteiger partial charge in [-0.1, -0.05) is 0 Å². The van der Waals surface area contributed by atoms with Crippen LogP contribution >= 0.6 is 0 Å². The van der Waals surface area contributed by atoms with Gasteiger partial charge in [-0.25, -0.2) is 4.39 Å². The average molecular weight is 314 g/mol. The minimum absolute atomic E-state index is 0.0139. The van der Waals surface area contributed by atoms with Gasteiger partial charge in [0.1, 0.15) is 12.2 Å². The number of morpholine rings is 1. The molecule has 2 aliphatic heterocycles. The molecule has 0 bridgehead atoms. The van der Waals surface area contributed by atoms with Crippen LogP contribution in [0.2, 0.25) is 0 Å². The molecule has 3 rings (SSSR count). The number of hydrogen-bond donors (Lipinski definition) is 0. The van der Waals surface area contributed by atoms with Crippen molar-refractivity contribution in [3.05, 3.63) is 0 Å². The quantitative estimate of drug-likeness (QED) is 0.738. The van der Waals surface area contributed by atoms with Crippen LogP contribution in [0.4, 0.5) is 4.39 Å². The number of amides is 2. The smallest absolute Gasteiger partial charge is 0.260 e. The molecule has 1 saturated carbocycles. The first-order valence-electron chi connectivity index (χ1n) is 7.96. The third-order valence-corrected chi connectivity index (χ3v) is 4.88. The van der Waals surface area contributed by atoms with Crippen molar-refractivity contribution in [2.24, 2.45) is 0 Å². The summed E-state index contributed by atoms with van der Waals surface area (Å²) in [6.07, 6.45) is 1.36. The van der Waals surface area contributed by atoms with Crippen molar-refractivity contribution in [3.63, 3.8) is 0 Å². The van der Waals surface area contributed by atoms with Crippen LogP contribution in [0.25, 0.3) is 0 Å². The van der Waals surface area contributed by atoms with Crippen molar-refractivity contribution in [3.8, 4) is 0 Å². The molecule has 6 nitrogen and oxygen atoms in total. The van der Waals surface area contributed by atoms with E-state index in [0.717, 1.165) is 6.42 Å². The predicted octanol–water partition coefficient (Wildman–Crippen LogP) is 0.355. The fraction of sp³-hybridized carbons (Fsp3) is 0.867. The van der Waals surface area contributed by atoms with Crippen molar-refractivity contribution in [2.75, 3.05) is 46.0 Å². The first-order chi connectivity index (χ1) is 10.5. The SMILES string of the molecule is CCN1CC2(COCCN(C(=O)C3(F)CCC3)C2)OCC1=O. The summed E-state index contributed by atoms with van der Waals surface area (Å²) in [5, 5.41) is 0. The third-order valence-electron chi connectivity index (χ3n) is 4.88. The van der Waals surface area contributed by atoms with E-state index in [1.54, 1.807) is 4.90 Å². The highest BCUT2D eigenvalue weighted by atomic mass is 19.1. The van der Waals surface area contributed by atoms with E-state index < -0.39 is 17.2 Å². The number of halogens is 1. The summed E-state index contributed by atoms with van der Waals surface area (Å²) in [7, 11) is 0. The standard InChI is InChI=1S/C15H23FN2O4/c1-2-17-9-14(22-8-12(17)19)10-18(6-7-21-11-14)13(20)15(16)4-3-5-15/h2-11H2,1H3. The first kappa shape index (κ1) is 15.7. The summed E-state index contributed by atoms with van der Waals surface area (Å²) < 4.78 is 25.8. The molecule has 0 aromatic heterocycles. The Labute approximate surface area is 129 Å². The van der Waals surface area contributed by atoms with Gasteiger partial charge in [-0.3, -0.25) is 9.59 Å². The summed E-state index contributed by atoms with van der Waals surface area (Å²) in [6, 6.07) is 0. The molecule has 3 fully saturated rings. The largest absolute Gasteiger partial charge is 0.376 e. The van der Waals surface area contributed by atoms with Crippen LogP contribution in [0.1, 0.15) is 26.2 Å². The second-order valence-corrected chi connectivity index (χ2v) is 6.48. The number of rotatable bonds is 2. The van der Waals surface area contributed by atoms with Crippen LogP contribution in [0, 0.1) is 0 Å². The summed E-state index contributed by atoms with van der Waals surface area (Å²) in [6.45, 7) is 4.20. The van der Waals surface area contributed by atoms with E-state index in [1.807, 2.05) is 6.92 Å². The lowest BCUT2D eigenvalue weighted by Crippen LogP contribution is -2.62.